The van der Waals surface area contributed by atoms with Crippen LogP contribution in [-0.2, 0) is 9.53 Å². The Hall–Kier alpha value is -0.510. The average Bonchev–Trinajstić information content (AvgIpc) is 2.21. The molecule has 1 fully saturated rings. The van der Waals surface area contributed by atoms with Crippen LogP contribution in [0.25, 0.3) is 0 Å². The molecule has 0 N–H and O–H groups in total. The molecule has 1 aliphatic carbocycles. The van der Waals surface area contributed by atoms with Gasteiger partial charge in [0.15, 0.2) is 0 Å². The fraction of sp³-hybridized carbons (Fsp3) is 0.909. The molecule has 0 aromatic rings. The zero-order valence-electron chi connectivity index (χ0n) is 9.32. The predicted molar refractivity (Wildman–Crippen MR) is 53.0 cm³/mol. The highest BCUT2D eigenvalue weighted by atomic mass is 19.3. The molecule has 1 aliphatic rings. The molecule has 0 bridgehead atoms. The Morgan fingerprint density at radius 3 is 2.20 bits per heavy atom. The van der Waals surface area contributed by atoms with E-state index in [2.05, 4.69) is 0 Å². The van der Waals surface area contributed by atoms with Gasteiger partial charge in [-0.25, -0.2) is 8.78 Å². The monoisotopic (exact) mass is 220 g/mol. The average molecular weight is 220 g/mol. The van der Waals surface area contributed by atoms with Crippen LogP contribution in [0.15, 0.2) is 0 Å². The van der Waals surface area contributed by atoms with E-state index >= 15 is 0 Å². The van der Waals surface area contributed by atoms with Gasteiger partial charge in [-0.05, 0) is 12.8 Å². The number of alkyl halides is 2. The molecule has 1 rings (SSSR count). The summed E-state index contributed by atoms with van der Waals surface area (Å²) in [4.78, 5) is 11.8. The maximum absolute atomic E-state index is 13.0. The maximum atomic E-state index is 13.0. The largest absolute Gasteiger partial charge is 0.384 e. The van der Waals surface area contributed by atoms with Crippen molar-refractivity contribution in [1.29, 1.82) is 0 Å². The van der Waals surface area contributed by atoms with E-state index in [0.29, 0.717) is 6.42 Å². The van der Waals surface area contributed by atoms with Crippen molar-refractivity contribution in [2.45, 2.75) is 45.0 Å². The number of Topliss-reactive ketones (excluding diaryl/α,β-unsaturated/α-hetero) is 1. The third-order valence-electron chi connectivity index (χ3n) is 3.27. The Balaban J connectivity index is 2.73. The first-order chi connectivity index (χ1) is 6.96. The third kappa shape index (κ3) is 2.74. The number of rotatable bonds is 4. The predicted octanol–water partition coefficient (Wildman–Crippen LogP) is 2.81. The molecule has 0 saturated heterocycles. The van der Waals surface area contributed by atoms with Crippen LogP contribution in [0.3, 0.4) is 0 Å². The maximum Gasteiger partial charge on any atom is 0.248 e. The summed E-state index contributed by atoms with van der Waals surface area (Å²) >= 11 is 0. The van der Waals surface area contributed by atoms with Crippen molar-refractivity contribution in [3.63, 3.8) is 0 Å². The van der Waals surface area contributed by atoms with Crippen LogP contribution in [0.4, 0.5) is 8.78 Å². The SMILES string of the molecule is CCC(=O)C1(COC)CCC(F)(F)CC1. The molecule has 0 radical (unpaired) electrons. The Morgan fingerprint density at radius 1 is 1.27 bits per heavy atom. The molecule has 0 heterocycles. The normalized spacial score (nSPS) is 23.7. The standard InChI is InChI=1S/C11H18F2O2/c1-3-9(14)10(8-15-2)4-6-11(12,13)7-5-10/h3-8H2,1-2H3. The van der Waals surface area contributed by atoms with Crippen LogP contribution in [-0.4, -0.2) is 25.4 Å². The molecule has 4 heteroatoms. The fourth-order valence-electron chi connectivity index (χ4n) is 2.25. The van der Waals surface area contributed by atoms with Crippen molar-refractivity contribution in [3.8, 4) is 0 Å². The van der Waals surface area contributed by atoms with E-state index in [-0.39, 0.29) is 38.1 Å². The minimum absolute atomic E-state index is 0.0554. The zero-order valence-corrected chi connectivity index (χ0v) is 9.32. The topological polar surface area (TPSA) is 26.3 Å². The summed E-state index contributed by atoms with van der Waals surface area (Å²) in [5.41, 5.74) is -0.648. The second-order valence-corrected chi connectivity index (χ2v) is 4.35. The van der Waals surface area contributed by atoms with Gasteiger partial charge in [0.1, 0.15) is 5.78 Å². The first-order valence-electron chi connectivity index (χ1n) is 5.36. The number of methoxy groups -OCH3 is 1. The lowest BCUT2D eigenvalue weighted by Crippen LogP contribution is -2.42. The molecule has 0 aromatic heterocycles. The molecular formula is C11H18F2O2. The summed E-state index contributed by atoms with van der Waals surface area (Å²) in [7, 11) is 1.51. The Morgan fingerprint density at radius 2 is 1.80 bits per heavy atom. The van der Waals surface area contributed by atoms with Crippen LogP contribution in [0.2, 0.25) is 0 Å². The van der Waals surface area contributed by atoms with E-state index in [1.807, 2.05) is 0 Å². The molecule has 88 valence electrons. The van der Waals surface area contributed by atoms with Crippen LogP contribution in [0.1, 0.15) is 39.0 Å². The van der Waals surface area contributed by atoms with Gasteiger partial charge in [0.25, 0.3) is 0 Å². The lowest BCUT2D eigenvalue weighted by Gasteiger charge is -2.38. The van der Waals surface area contributed by atoms with Gasteiger partial charge in [-0.15, -0.1) is 0 Å². The molecule has 0 atom stereocenters. The fourth-order valence-corrected chi connectivity index (χ4v) is 2.25. The van der Waals surface area contributed by atoms with E-state index in [1.165, 1.54) is 7.11 Å². The molecular weight excluding hydrogens is 202 g/mol. The van der Waals surface area contributed by atoms with Gasteiger partial charge in [0.2, 0.25) is 5.92 Å². The van der Waals surface area contributed by atoms with Gasteiger partial charge < -0.3 is 4.74 Å². The van der Waals surface area contributed by atoms with Gasteiger partial charge in [-0.2, -0.15) is 0 Å². The van der Waals surface area contributed by atoms with Crippen LogP contribution < -0.4 is 0 Å². The van der Waals surface area contributed by atoms with Crippen LogP contribution in [0.5, 0.6) is 0 Å². The van der Waals surface area contributed by atoms with Crippen LogP contribution >= 0.6 is 0 Å². The lowest BCUT2D eigenvalue weighted by atomic mass is 9.70. The Bertz CT molecular complexity index is 229. The van der Waals surface area contributed by atoms with Crippen molar-refractivity contribution < 1.29 is 18.3 Å². The minimum Gasteiger partial charge on any atom is -0.384 e. The van der Waals surface area contributed by atoms with Gasteiger partial charge in [0, 0.05) is 26.4 Å². The lowest BCUT2D eigenvalue weighted by molar-refractivity contribution is -0.141. The van der Waals surface area contributed by atoms with E-state index in [9.17, 15) is 13.6 Å². The number of carbonyl (C=O) groups is 1. The minimum atomic E-state index is -2.59. The summed E-state index contributed by atoms with van der Waals surface area (Å²) in [5, 5.41) is 0. The summed E-state index contributed by atoms with van der Waals surface area (Å²) in [6.45, 7) is 2.04. The van der Waals surface area contributed by atoms with Crippen LogP contribution in [0, 0.1) is 5.41 Å². The molecule has 1 saturated carbocycles. The van der Waals surface area contributed by atoms with Crippen molar-refractivity contribution in [2.24, 2.45) is 5.41 Å². The van der Waals surface area contributed by atoms with E-state index in [4.69, 9.17) is 4.74 Å². The molecule has 15 heavy (non-hydrogen) atoms. The summed E-state index contributed by atoms with van der Waals surface area (Å²) < 4.78 is 31.0. The Labute approximate surface area is 89.0 Å². The van der Waals surface area contributed by atoms with Crippen molar-refractivity contribution in [3.05, 3.63) is 0 Å². The third-order valence-corrected chi connectivity index (χ3v) is 3.27. The Kier molecular flexibility index (Phi) is 3.82. The van der Waals surface area contributed by atoms with Gasteiger partial charge >= 0.3 is 0 Å². The van der Waals surface area contributed by atoms with Gasteiger partial charge in [0.05, 0.1) is 12.0 Å². The molecule has 0 aliphatic heterocycles. The molecule has 0 aromatic carbocycles. The van der Waals surface area contributed by atoms with Crippen molar-refractivity contribution in [1.82, 2.24) is 0 Å². The molecule has 0 amide bonds. The summed E-state index contributed by atoms with van der Waals surface area (Å²) in [6, 6.07) is 0. The molecule has 0 unspecified atom stereocenters. The first-order valence-corrected chi connectivity index (χ1v) is 5.36. The number of halogens is 2. The van der Waals surface area contributed by atoms with Crippen molar-refractivity contribution >= 4 is 5.78 Å². The quantitative estimate of drug-likeness (QED) is 0.728. The smallest absolute Gasteiger partial charge is 0.248 e. The number of hydrogen-bond donors (Lipinski definition) is 0. The number of carbonyl (C=O) groups excluding carboxylic acids is 1. The second-order valence-electron chi connectivity index (χ2n) is 4.35. The summed E-state index contributed by atoms with van der Waals surface area (Å²) in [6.07, 6.45) is 0.514. The summed E-state index contributed by atoms with van der Waals surface area (Å²) in [5.74, 6) is -2.54. The first kappa shape index (κ1) is 12.6. The zero-order chi connectivity index (χ0) is 11.5. The van der Waals surface area contributed by atoms with Gasteiger partial charge in [-0.1, -0.05) is 6.92 Å². The van der Waals surface area contributed by atoms with E-state index < -0.39 is 11.3 Å². The number of hydrogen-bond acceptors (Lipinski definition) is 2. The highest BCUT2D eigenvalue weighted by molar-refractivity contribution is 5.84. The van der Waals surface area contributed by atoms with E-state index in [0.717, 1.165) is 0 Å². The van der Waals surface area contributed by atoms with Crippen molar-refractivity contribution in [2.75, 3.05) is 13.7 Å². The van der Waals surface area contributed by atoms with Gasteiger partial charge in [-0.3, -0.25) is 4.79 Å². The highest BCUT2D eigenvalue weighted by Crippen LogP contribution is 2.44. The number of ketones is 1. The molecule has 2 nitrogen and oxygen atoms in total. The number of ether oxygens (including phenoxy) is 1. The highest BCUT2D eigenvalue weighted by Gasteiger charge is 2.46. The second kappa shape index (κ2) is 4.56. The molecule has 0 spiro atoms. The van der Waals surface area contributed by atoms with E-state index in [1.54, 1.807) is 6.92 Å².